The van der Waals surface area contributed by atoms with Crippen LogP contribution in [0.1, 0.15) is 5.56 Å². The largest absolute Gasteiger partial charge is 0.417 e. The van der Waals surface area contributed by atoms with Gasteiger partial charge in [0.15, 0.2) is 0 Å². The van der Waals surface area contributed by atoms with E-state index in [1.807, 2.05) is 0 Å². The van der Waals surface area contributed by atoms with Crippen molar-refractivity contribution in [3.05, 3.63) is 48.2 Å². The molecule has 1 heterocycles. The van der Waals surface area contributed by atoms with Crippen LogP contribution in [0.3, 0.4) is 0 Å². The summed E-state index contributed by atoms with van der Waals surface area (Å²) in [6, 6.07) is 9.39. The predicted octanol–water partition coefficient (Wildman–Crippen LogP) is 4.34. The topological polar surface area (TPSA) is 15.8 Å². The Balaban J connectivity index is 2.54. The lowest BCUT2D eigenvalue weighted by atomic mass is 10.0. The quantitative estimate of drug-likeness (QED) is 0.596. The Kier molecular flexibility index (Phi) is 1.96. The van der Waals surface area contributed by atoms with Crippen LogP contribution in [-0.4, -0.2) is 4.98 Å². The molecule has 0 unspecified atom stereocenters. The molecule has 1 nitrogen and oxygen atoms in total. The second kappa shape index (κ2) is 3.26. The van der Waals surface area contributed by atoms with Crippen LogP contribution in [0.25, 0.3) is 21.7 Å². The summed E-state index contributed by atoms with van der Waals surface area (Å²) in [4.78, 5) is 2.97. The van der Waals surface area contributed by atoms with Crippen LogP contribution in [0.5, 0.6) is 0 Å². The van der Waals surface area contributed by atoms with Gasteiger partial charge in [0.25, 0.3) is 0 Å². The molecule has 86 valence electrons. The molecule has 0 spiro atoms. The van der Waals surface area contributed by atoms with Crippen LogP contribution in [0.2, 0.25) is 0 Å². The fourth-order valence-corrected chi connectivity index (χ4v) is 2.14. The van der Waals surface area contributed by atoms with E-state index in [9.17, 15) is 13.2 Å². The molecule has 0 aliphatic heterocycles. The summed E-state index contributed by atoms with van der Waals surface area (Å²) in [5.41, 5.74) is 0.161. The number of halogens is 3. The summed E-state index contributed by atoms with van der Waals surface area (Å²) >= 11 is 0. The van der Waals surface area contributed by atoms with E-state index in [0.717, 1.165) is 5.52 Å². The maximum Gasteiger partial charge on any atom is 0.417 e. The number of fused-ring (bicyclic) bond motifs is 3. The van der Waals surface area contributed by atoms with E-state index >= 15 is 0 Å². The average molecular weight is 235 g/mol. The van der Waals surface area contributed by atoms with Gasteiger partial charge in [-0.15, -0.1) is 0 Å². The van der Waals surface area contributed by atoms with E-state index in [2.05, 4.69) is 4.98 Å². The number of rotatable bonds is 0. The summed E-state index contributed by atoms with van der Waals surface area (Å²) < 4.78 is 38.8. The number of hydrogen-bond acceptors (Lipinski definition) is 0. The minimum atomic E-state index is -4.33. The first kappa shape index (κ1) is 10.2. The van der Waals surface area contributed by atoms with Gasteiger partial charge in [-0.1, -0.05) is 24.3 Å². The van der Waals surface area contributed by atoms with Crippen LogP contribution in [0.15, 0.2) is 42.6 Å². The standard InChI is InChI=1S/C13H8F3N/c14-13(15,16)11-7-8-5-6-17-12(8)10-4-2-1-3-9(10)11/h1-7,17H. The Morgan fingerprint density at radius 1 is 0.941 bits per heavy atom. The molecule has 1 aromatic heterocycles. The van der Waals surface area contributed by atoms with E-state index in [4.69, 9.17) is 0 Å². The highest BCUT2D eigenvalue weighted by molar-refractivity contribution is 6.07. The fourth-order valence-electron chi connectivity index (χ4n) is 2.14. The second-order valence-corrected chi connectivity index (χ2v) is 3.91. The van der Waals surface area contributed by atoms with E-state index < -0.39 is 11.7 Å². The monoisotopic (exact) mass is 235 g/mol. The van der Waals surface area contributed by atoms with Gasteiger partial charge >= 0.3 is 6.18 Å². The Hall–Kier alpha value is -1.97. The molecule has 0 saturated heterocycles. The lowest BCUT2D eigenvalue weighted by Gasteiger charge is -2.11. The first-order valence-electron chi connectivity index (χ1n) is 5.13. The molecule has 3 aromatic rings. The minimum Gasteiger partial charge on any atom is -0.361 e. The molecule has 2 aromatic carbocycles. The molecule has 4 heteroatoms. The van der Waals surface area contributed by atoms with Gasteiger partial charge in [0, 0.05) is 17.0 Å². The first-order chi connectivity index (χ1) is 8.07. The number of alkyl halides is 3. The van der Waals surface area contributed by atoms with Crippen LogP contribution in [0.4, 0.5) is 13.2 Å². The summed E-state index contributed by atoms with van der Waals surface area (Å²) in [6.45, 7) is 0. The highest BCUT2D eigenvalue weighted by atomic mass is 19.4. The van der Waals surface area contributed by atoms with Crippen LogP contribution in [-0.2, 0) is 6.18 Å². The summed E-state index contributed by atoms with van der Waals surface area (Å²) in [6.07, 6.45) is -2.68. The molecule has 3 rings (SSSR count). The third-order valence-electron chi connectivity index (χ3n) is 2.87. The highest BCUT2D eigenvalue weighted by Gasteiger charge is 2.33. The maximum absolute atomic E-state index is 12.9. The normalized spacial score (nSPS) is 12.4. The molecular formula is C13H8F3N. The summed E-state index contributed by atoms with van der Waals surface area (Å²) in [5, 5.41) is 1.41. The smallest absolute Gasteiger partial charge is 0.361 e. The molecule has 17 heavy (non-hydrogen) atoms. The summed E-state index contributed by atoms with van der Waals surface area (Å²) in [5.74, 6) is 0. The van der Waals surface area contributed by atoms with Crippen molar-refractivity contribution in [2.24, 2.45) is 0 Å². The third-order valence-corrected chi connectivity index (χ3v) is 2.87. The van der Waals surface area contributed by atoms with E-state index in [1.54, 1.807) is 30.5 Å². The Bertz CT molecular complexity index is 695. The third kappa shape index (κ3) is 1.48. The van der Waals surface area contributed by atoms with Gasteiger partial charge in [0.2, 0.25) is 0 Å². The Morgan fingerprint density at radius 3 is 2.35 bits per heavy atom. The fraction of sp³-hybridized carbons (Fsp3) is 0.0769. The zero-order valence-electron chi connectivity index (χ0n) is 8.68. The van der Waals surface area contributed by atoms with Crippen LogP contribution in [0, 0.1) is 0 Å². The van der Waals surface area contributed by atoms with Gasteiger partial charge in [-0.05, 0) is 17.5 Å². The van der Waals surface area contributed by atoms with Crippen molar-refractivity contribution >= 4 is 21.7 Å². The Morgan fingerprint density at radius 2 is 1.65 bits per heavy atom. The Labute approximate surface area is 94.9 Å². The van der Waals surface area contributed by atoms with Crippen molar-refractivity contribution in [3.8, 4) is 0 Å². The molecule has 0 radical (unpaired) electrons. The van der Waals surface area contributed by atoms with Crippen molar-refractivity contribution in [1.29, 1.82) is 0 Å². The molecule has 0 bridgehead atoms. The zero-order chi connectivity index (χ0) is 12.0. The average Bonchev–Trinajstić information content (AvgIpc) is 2.74. The van der Waals surface area contributed by atoms with Crippen molar-refractivity contribution in [2.45, 2.75) is 6.18 Å². The van der Waals surface area contributed by atoms with Crippen LogP contribution < -0.4 is 0 Å². The number of nitrogens with one attached hydrogen (secondary N) is 1. The molecule has 0 amide bonds. The molecule has 0 aliphatic carbocycles. The molecule has 0 aliphatic rings. The first-order valence-corrected chi connectivity index (χ1v) is 5.13. The van der Waals surface area contributed by atoms with Crippen molar-refractivity contribution in [3.63, 3.8) is 0 Å². The van der Waals surface area contributed by atoms with Gasteiger partial charge in [-0.3, -0.25) is 0 Å². The van der Waals surface area contributed by atoms with Crippen molar-refractivity contribution in [2.75, 3.05) is 0 Å². The maximum atomic E-state index is 12.9. The van der Waals surface area contributed by atoms with Crippen molar-refractivity contribution < 1.29 is 13.2 Å². The van der Waals surface area contributed by atoms with E-state index in [0.29, 0.717) is 10.8 Å². The lowest BCUT2D eigenvalue weighted by molar-refractivity contribution is -0.136. The van der Waals surface area contributed by atoms with Gasteiger partial charge in [0.1, 0.15) is 0 Å². The number of H-pyrrole nitrogens is 1. The molecule has 0 fully saturated rings. The zero-order valence-corrected chi connectivity index (χ0v) is 8.68. The van der Waals surface area contributed by atoms with Crippen LogP contribution >= 0.6 is 0 Å². The number of aromatic amines is 1. The van der Waals surface area contributed by atoms with Crippen molar-refractivity contribution in [1.82, 2.24) is 4.98 Å². The molecule has 0 saturated carbocycles. The van der Waals surface area contributed by atoms with E-state index in [-0.39, 0.29) is 5.39 Å². The van der Waals surface area contributed by atoms with Gasteiger partial charge in [-0.2, -0.15) is 13.2 Å². The van der Waals surface area contributed by atoms with E-state index in [1.165, 1.54) is 12.1 Å². The SMILES string of the molecule is FC(F)(F)c1cc2cc[nH]c2c2ccccc12. The molecule has 0 atom stereocenters. The summed E-state index contributed by atoms with van der Waals surface area (Å²) in [7, 11) is 0. The van der Waals surface area contributed by atoms with Gasteiger partial charge < -0.3 is 4.98 Å². The molecule has 1 N–H and O–H groups in total. The number of aromatic nitrogens is 1. The number of benzene rings is 2. The minimum absolute atomic E-state index is 0.231. The number of hydrogen-bond donors (Lipinski definition) is 1. The molecular weight excluding hydrogens is 227 g/mol. The predicted molar refractivity (Wildman–Crippen MR) is 60.8 cm³/mol. The lowest BCUT2D eigenvalue weighted by Crippen LogP contribution is -2.05. The van der Waals surface area contributed by atoms with Gasteiger partial charge in [0.05, 0.1) is 11.1 Å². The second-order valence-electron chi connectivity index (χ2n) is 3.91. The highest BCUT2D eigenvalue weighted by Crippen LogP contribution is 2.38. The van der Waals surface area contributed by atoms with Gasteiger partial charge in [-0.25, -0.2) is 0 Å².